The average molecular weight is 432 g/mol. The number of benzene rings is 1. The van der Waals surface area contributed by atoms with Crippen molar-refractivity contribution in [3.05, 3.63) is 42.7 Å². The molecule has 1 saturated carbocycles. The Labute approximate surface area is 145 Å². The Morgan fingerprint density at radius 1 is 1.33 bits per heavy atom. The highest BCUT2D eigenvalue weighted by molar-refractivity contribution is 9.11. The fourth-order valence-electron chi connectivity index (χ4n) is 2.00. The van der Waals surface area contributed by atoms with Crippen LogP contribution >= 0.6 is 43.2 Å². The number of thiazole rings is 1. The predicted molar refractivity (Wildman–Crippen MR) is 92.9 cm³/mol. The van der Waals surface area contributed by atoms with E-state index in [1.54, 1.807) is 11.3 Å². The quantitative estimate of drug-likeness (QED) is 0.712. The summed E-state index contributed by atoms with van der Waals surface area (Å²) >= 11 is 8.82. The molecule has 3 rings (SSSR count). The Balaban J connectivity index is 1.66. The normalized spacial score (nSPS) is 14.4. The van der Waals surface area contributed by atoms with Crippen molar-refractivity contribution in [2.24, 2.45) is 0 Å². The second-order valence-electron chi connectivity index (χ2n) is 5.22. The number of ether oxygens (including phenoxy) is 1. The number of aryl methyl sites for hydroxylation is 1. The van der Waals surface area contributed by atoms with Crippen molar-refractivity contribution in [1.29, 1.82) is 0 Å². The van der Waals surface area contributed by atoms with Crippen molar-refractivity contribution in [2.75, 3.05) is 0 Å². The van der Waals surface area contributed by atoms with E-state index in [1.807, 2.05) is 12.3 Å². The molecule has 1 heterocycles. The average Bonchev–Trinajstić information content (AvgIpc) is 3.17. The molecule has 1 aliphatic carbocycles. The van der Waals surface area contributed by atoms with Crippen molar-refractivity contribution in [1.82, 2.24) is 10.3 Å². The van der Waals surface area contributed by atoms with Gasteiger partial charge in [-0.3, -0.25) is 0 Å². The maximum absolute atomic E-state index is 5.89. The molecule has 21 heavy (non-hydrogen) atoms. The maximum Gasteiger partial charge on any atom is 0.148 e. The number of nitrogens with zero attached hydrogens (tertiary/aromatic N) is 1. The minimum absolute atomic E-state index is 0.495. The molecule has 3 nitrogen and oxygen atoms in total. The van der Waals surface area contributed by atoms with Crippen molar-refractivity contribution in [2.45, 2.75) is 39.0 Å². The van der Waals surface area contributed by atoms with Crippen LogP contribution in [-0.2, 0) is 13.2 Å². The molecule has 0 bridgehead atoms. The van der Waals surface area contributed by atoms with Gasteiger partial charge in [0.25, 0.3) is 0 Å². The SMILES string of the molecule is Cc1csc(COc2c(Br)cc(CNC3CC3)cc2Br)n1. The van der Waals surface area contributed by atoms with E-state index in [4.69, 9.17) is 4.74 Å². The number of hydrogen-bond acceptors (Lipinski definition) is 4. The van der Waals surface area contributed by atoms with Crippen LogP contribution in [0.3, 0.4) is 0 Å². The summed E-state index contributed by atoms with van der Waals surface area (Å²) in [5.41, 5.74) is 2.29. The molecule has 1 fully saturated rings. The second kappa shape index (κ2) is 6.77. The van der Waals surface area contributed by atoms with E-state index in [0.717, 1.165) is 31.9 Å². The molecule has 1 N–H and O–H groups in total. The Hall–Kier alpha value is -0.430. The van der Waals surface area contributed by atoms with Gasteiger partial charge in [-0.25, -0.2) is 4.98 Å². The van der Waals surface area contributed by atoms with Gasteiger partial charge in [0.1, 0.15) is 17.4 Å². The van der Waals surface area contributed by atoms with Crippen LogP contribution in [0.1, 0.15) is 29.1 Å². The largest absolute Gasteiger partial charge is 0.484 e. The van der Waals surface area contributed by atoms with Crippen LogP contribution < -0.4 is 10.1 Å². The summed E-state index contributed by atoms with van der Waals surface area (Å²) in [5, 5.41) is 6.55. The molecule has 0 radical (unpaired) electrons. The van der Waals surface area contributed by atoms with Crippen LogP contribution in [-0.4, -0.2) is 11.0 Å². The minimum atomic E-state index is 0.495. The number of rotatable bonds is 6. The van der Waals surface area contributed by atoms with Crippen molar-refractivity contribution < 1.29 is 4.74 Å². The minimum Gasteiger partial charge on any atom is -0.484 e. The number of halogens is 2. The lowest BCUT2D eigenvalue weighted by atomic mass is 10.2. The van der Waals surface area contributed by atoms with E-state index in [9.17, 15) is 0 Å². The first-order chi connectivity index (χ1) is 10.1. The highest BCUT2D eigenvalue weighted by Gasteiger charge is 2.20. The molecule has 0 unspecified atom stereocenters. The van der Waals surface area contributed by atoms with Gasteiger partial charge in [0.15, 0.2) is 0 Å². The third-order valence-corrected chi connectivity index (χ3v) is 5.36. The molecule has 0 atom stereocenters. The Morgan fingerprint density at radius 2 is 2.05 bits per heavy atom. The lowest BCUT2D eigenvalue weighted by Gasteiger charge is -2.12. The number of hydrogen-bond donors (Lipinski definition) is 1. The first-order valence-electron chi connectivity index (χ1n) is 6.87. The summed E-state index contributed by atoms with van der Waals surface area (Å²) in [7, 11) is 0. The molecule has 0 spiro atoms. The Kier molecular flexibility index (Phi) is 4.99. The third kappa shape index (κ3) is 4.28. The molecule has 112 valence electrons. The molecule has 1 aromatic carbocycles. The molecule has 0 amide bonds. The standard InChI is InChI=1S/C15H16Br2N2OS/c1-9-8-21-14(19-9)7-20-15-12(16)4-10(5-13(15)17)6-18-11-2-3-11/h4-5,8,11,18H,2-3,6-7H2,1H3. The van der Waals surface area contributed by atoms with E-state index in [2.05, 4.69) is 54.3 Å². The van der Waals surface area contributed by atoms with E-state index >= 15 is 0 Å². The summed E-state index contributed by atoms with van der Waals surface area (Å²) in [6.07, 6.45) is 2.60. The van der Waals surface area contributed by atoms with Crippen molar-refractivity contribution in [3.8, 4) is 5.75 Å². The van der Waals surface area contributed by atoms with Gasteiger partial charge in [-0.2, -0.15) is 0 Å². The first-order valence-corrected chi connectivity index (χ1v) is 9.33. The molecular weight excluding hydrogens is 416 g/mol. The summed E-state index contributed by atoms with van der Waals surface area (Å²) in [4.78, 5) is 4.41. The topological polar surface area (TPSA) is 34.1 Å². The van der Waals surface area contributed by atoms with Gasteiger partial charge in [0, 0.05) is 23.7 Å². The van der Waals surface area contributed by atoms with E-state index in [1.165, 1.54) is 18.4 Å². The molecule has 1 aliphatic rings. The van der Waals surface area contributed by atoms with Gasteiger partial charge in [0.2, 0.25) is 0 Å². The van der Waals surface area contributed by atoms with Crippen molar-refractivity contribution in [3.63, 3.8) is 0 Å². The van der Waals surface area contributed by atoms with Crippen LogP contribution in [0.5, 0.6) is 5.75 Å². The monoisotopic (exact) mass is 430 g/mol. The smallest absolute Gasteiger partial charge is 0.148 e. The molecule has 0 saturated heterocycles. The van der Waals surface area contributed by atoms with Gasteiger partial charge in [-0.05, 0) is 69.3 Å². The zero-order valence-electron chi connectivity index (χ0n) is 11.7. The Bertz CT molecular complexity index is 617. The zero-order valence-corrected chi connectivity index (χ0v) is 15.6. The van der Waals surface area contributed by atoms with Gasteiger partial charge in [-0.15, -0.1) is 11.3 Å². The number of nitrogens with one attached hydrogen (secondary N) is 1. The van der Waals surface area contributed by atoms with Gasteiger partial charge >= 0.3 is 0 Å². The second-order valence-corrected chi connectivity index (χ2v) is 7.87. The molecule has 6 heteroatoms. The van der Waals surface area contributed by atoms with E-state index < -0.39 is 0 Å². The van der Waals surface area contributed by atoms with Crippen LogP contribution in [0.4, 0.5) is 0 Å². The molecular formula is C15H16Br2N2OS. The third-order valence-electron chi connectivity index (χ3n) is 3.24. The fourth-order valence-corrected chi connectivity index (χ4v) is 4.20. The van der Waals surface area contributed by atoms with Gasteiger partial charge < -0.3 is 10.1 Å². The molecule has 2 aromatic rings. The summed E-state index contributed by atoms with van der Waals surface area (Å²) in [6, 6.07) is 4.94. The van der Waals surface area contributed by atoms with Crippen LogP contribution in [0.15, 0.2) is 26.5 Å². The van der Waals surface area contributed by atoms with E-state index in [-0.39, 0.29) is 0 Å². The van der Waals surface area contributed by atoms with Crippen molar-refractivity contribution >= 4 is 43.2 Å². The maximum atomic E-state index is 5.89. The molecule has 0 aliphatic heterocycles. The predicted octanol–water partition coefficient (Wildman–Crippen LogP) is 4.81. The summed E-state index contributed by atoms with van der Waals surface area (Å²) in [6.45, 7) is 3.39. The van der Waals surface area contributed by atoms with Gasteiger partial charge in [-0.1, -0.05) is 0 Å². The number of aromatic nitrogens is 1. The zero-order chi connectivity index (χ0) is 14.8. The van der Waals surface area contributed by atoms with Crippen LogP contribution in [0.25, 0.3) is 0 Å². The highest BCUT2D eigenvalue weighted by Crippen LogP contribution is 2.35. The fraction of sp³-hybridized carbons (Fsp3) is 0.400. The van der Waals surface area contributed by atoms with Crippen LogP contribution in [0.2, 0.25) is 0 Å². The highest BCUT2D eigenvalue weighted by atomic mass is 79.9. The van der Waals surface area contributed by atoms with Gasteiger partial charge in [0.05, 0.1) is 8.95 Å². The Morgan fingerprint density at radius 3 is 2.62 bits per heavy atom. The van der Waals surface area contributed by atoms with E-state index in [0.29, 0.717) is 12.6 Å². The van der Waals surface area contributed by atoms with Crippen LogP contribution in [0, 0.1) is 6.92 Å². The molecule has 1 aromatic heterocycles. The summed E-state index contributed by atoms with van der Waals surface area (Å²) < 4.78 is 7.83. The lowest BCUT2D eigenvalue weighted by Crippen LogP contribution is -2.15. The first kappa shape index (κ1) is 15.5. The summed E-state index contributed by atoms with van der Waals surface area (Å²) in [5.74, 6) is 0.832. The lowest BCUT2D eigenvalue weighted by molar-refractivity contribution is 0.301.